The number of rotatable bonds is 6. The summed E-state index contributed by atoms with van der Waals surface area (Å²) in [5, 5.41) is 3.29. The Kier molecular flexibility index (Phi) is 5.83. The standard InChI is InChI=1S/C21H26N4O3/c26-20(25-11-8-21(9-12-25)27-13-14-28-21)18-15-19(24-16-23-18)22-10-4-7-17-5-2-1-3-6-17/h1-3,5-6,15-16H,4,7-14H2,(H,22,23,24). The zero-order chi connectivity index (χ0) is 19.2. The Balaban J connectivity index is 1.27. The normalized spacial score (nSPS) is 18.4. The fourth-order valence-corrected chi connectivity index (χ4v) is 3.72. The highest BCUT2D eigenvalue weighted by molar-refractivity contribution is 5.93. The van der Waals surface area contributed by atoms with Gasteiger partial charge in [-0.25, -0.2) is 9.97 Å². The van der Waals surface area contributed by atoms with Crippen LogP contribution in [-0.4, -0.2) is 59.4 Å². The van der Waals surface area contributed by atoms with Crippen LogP contribution < -0.4 is 5.32 Å². The smallest absolute Gasteiger partial charge is 0.272 e. The molecule has 1 amide bonds. The van der Waals surface area contributed by atoms with Crippen molar-refractivity contribution in [3.05, 3.63) is 54.0 Å². The number of anilines is 1. The van der Waals surface area contributed by atoms with Crippen molar-refractivity contribution in [1.29, 1.82) is 0 Å². The first-order chi connectivity index (χ1) is 13.7. The molecule has 0 aliphatic carbocycles. The topological polar surface area (TPSA) is 76.6 Å². The average Bonchev–Trinajstić information content (AvgIpc) is 3.20. The Bertz CT molecular complexity index is 783. The van der Waals surface area contributed by atoms with Crippen molar-refractivity contribution in [2.24, 2.45) is 0 Å². The first-order valence-electron chi connectivity index (χ1n) is 9.91. The number of nitrogens with zero attached hydrogens (tertiary/aromatic N) is 3. The maximum Gasteiger partial charge on any atom is 0.272 e. The summed E-state index contributed by atoms with van der Waals surface area (Å²) in [6.45, 7) is 3.30. The first-order valence-corrected chi connectivity index (χ1v) is 9.91. The van der Waals surface area contributed by atoms with Crippen molar-refractivity contribution in [1.82, 2.24) is 14.9 Å². The van der Waals surface area contributed by atoms with Gasteiger partial charge in [0, 0.05) is 38.5 Å². The maximum atomic E-state index is 12.8. The SMILES string of the molecule is O=C(c1cc(NCCCc2ccccc2)ncn1)N1CCC2(CC1)OCCO2. The molecule has 1 N–H and O–H groups in total. The molecule has 0 saturated carbocycles. The number of benzene rings is 1. The summed E-state index contributed by atoms with van der Waals surface area (Å²) in [7, 11) is 0. The molecule has 3 heterocycles. The molecule has 2 aliphatic rings. The third-order valence-electron chi connectivity index (χ3n) is 5.30. The second kappa shape index (κ2) is 8.67. The number of hydrogen-bond donors (Lipinski definition) is 1. The summed E-state index contributed by atoms with van der Waals surface area (Å²) >= 11 is 0. The Morgan fingerprint density at radius 3 is 2.61 bits per heavy atom. The van der Waals surface area contributed by atoms with Gasteiger partial charge in [-0.1, -0.05) is 30.3 Å². The molecular weight excluding hydrogens is 356 g/mol. The molecule has 28 heavy (non-hydrogen) atoms. The largest absolute Gasteiger partial charge is 0.370 e. The number of carbonyl (C=O) groups excluding carboxylic acids is 1. The first kappa shape index (κ1) is 18.8. The van der Waals surface area contributed by atoms with Gasteiger partial charge in [-0.2, -0.15) is 0 Å². The fraction of sp³-hybridized carbons (Fsp3) is 0.476. The second-order valence-corrected chi connectivity index (χ2v) is 7.20. The highest BCUT2D eigenvalue weighted by atomic mass is 16.7. The van der Waals surface area contributed by atoms with Crippen LogP contribution in [0.4, 0.5) is 5.82 Å². The van der Waals surface area contributed by atoms with E-state index in [2.05, 4.69) is 39.6 Å². The van der Waals surface area contributed by atoms with Crippen LogP contribution in [0, 0.1) is 0 Å². The van der Waals surface area contributed by atoms with Crippen molar-refractivity contribution in [2.45, 2.75) is 31.5 Å². The molecule has 1 spiro atoms. The zero-order valence-electron chi connectivity index (χ0n) is 16.0. The minimum atomic E-state index is -0.478. The summed E-state index contributed by atoms with van der Waals surface area (Å²) < 4.78 is 11.5. The Hall–Kier alpha value is -2.51. The molecule has 1 aromatic heterocycles. The molecule has 148 valence electrons. The third kappa shape index (κ3) is 4.48. The van der Waals surface area contributed by atoms with Crippen LogP contribution in [0.25, 0.3) is 0 Å². The number of ether oxygens (including phenoxy) is 2. The minimum Gasteiger partial charge on any atom is -0.370 e. The highest BCUT2D eigenvalue weighted by Crippen LogP contribution is 2.31. The van der Waals surface area contributed by atoms with E-state index in [4.69, 9.17) is 9.47 Å². The van der Waals surface area contributed by atoms with E-state index in [1.807, 2.05) is 11.0 Å². The number of aryl methyl sites for hydroxylation is 1. The second-order valence-electron chi connectivity index (χ2n) is 7.20. The van der Waals surface area contributed by atoms with Gasteiger partial charge in [-0.3, -0.25) is 4.79 Å². The van der Waals surface area contributed by atoms with Crippen LogP contribution in [-0.2, 0) is 15.9 Å². The van der Waals surface area contributed by atoms with Crippen molar-refractivity contribution in [3.63, 3.8) is 0 Å². The lowest BCUT2D eigenvalue weighted by molar-refractivity contribution is -0.181. The molecule has 2 saturated heterocycles. The molecule has 0 atom stereocenters. The van der Waals surface area contributed by atoms with Crippen LogP contribution in [0.3, 0.4) is 0 Å². The summed E-state index contributed by atoms with van der Waals surface area (Å²) in [6.07, 6.45) is 4.85. The summed E-state index contributed by atoms with van der Waals surface area (Å²) in [5.74, 6) is 0.137. The predicted octanol–water partition coefficient (Wildman–Crippen LogP) is 2.50. The Morgan fingerprint density at radius 1 is 1.11 bits per heavy atom. The third-order valence-corrected chi connectivity index (χ3v) is 5.30. The number of likely N-dealkylation sites (tertiary alicyclic amines) is 1. The summed E-state index contributed by atoms with van der Waals surface area (Å²) in [5.41, 5.74) is 1.74. The molecule has 2 fully saturated rings. The van der Waals surface area contributed by atoms with Crippen molar-refractivity contribution in [3.8, 4) is 0 Å². The van der Waals surface area contributed by atoms with E-state index < -0.39 is 5.79 Å². The number of hydrogen-bond acceptors (Lipinski definition) is 6. The number of amides is 1. The molecule has 7 nitrogen and oxygen atoms in total. The fourth-order valence-electron chi connectivity index (χ4n) is 3.72. The van der Waals surface area contributed by atoms with Gasteiger partial charge in [0.25, 0.3) is 5.91 Å². The lowest BCUT2D eigenvalue weighted by Gasteiger charge is -2.37. The van der Waals surface area contributed by atoms with Crippen molar-refractivity contribution < 1.29 is 14.3 Å². The Morgan fingerprint density at radius 2 is 1.86 bits per heavy atom. The number of aromatic nitrogens is 2. The van der Waals surface area contributed by atoms with E-state index in [0.29, 0.717) is 50.7 Å². The average molecular weight is 382 g/mol. The molecule has 0 unspecified atom stereocenters. The van der Waals surface area contributed by atoms with Gasteiger partial charge in [-0.15, -0.1) is 0 Å². The molecule has 0 radical (unpaired) electrons. The number of piperidine rings is 1. The lowest BCUT2D eigenvalue weighted by Crippen LogP contribution is -2.47. The quantitative estimate of drug-likeness (QED) is 0.774. The van der Waals surface area contributed by atoms with E-state index >= 15 is 0 Å². The van der Waals surface area contributed by atoms with Crippen molar-refractivity contribution >= 4 is 11.7 Å². The van der Waals surface area contributed by atoms with Crippen LogP contribution >= 0.6 is 0 Å². The van der Waals surface area contributed by atoms with E-state index in [-0.39, 0.29) is 5.91 Å². The van der Waals surface area contributed by atoms with Gasteiger partial charge >= 0.3 is 0 Å². The van der Waals surface area contributed by atoms with Gasteiger partial charge in [0.15, 0.2) is 5.79 Å². The van der Waals surface area contributed by atoms with Gasteiger partial charge in [0.05, 0.1) is 13.2 Å². The van der Waals surface area contributed by atoms with Crippen LogP contribution in [0.5, 0.6) is 0 Å². The summed E-state index contributed by atoms with van der Waals surface area (Å²) in [4.78, 5) is 23.0. The molecule has 0 bridgehead atoms. The number of carbonyl (C=O) groups is 1. The van der Waals surface area contributed by atoms with Crippen LogP contribution in [0.2, 0.25) is 0 Å². The lowest BCUT2D eigenvalue weighted by atomic mass is 10.0. The van der Waals surface area contributed by atoms with Crippen LogP contribution in [0.1, 0.15) is 35.3 Å². The Labute approximate surface area is 165 Å². The molecule has 1 aromatic carbocycles. The minimum absolute atomic E-state index is 0.0671. The number of nitrogens with one attached hydrogen (secondary N) is 1. The van der Waals surface area contributed by atoms with Gasteiger partial charge in [0.1, 0.15) is 17.8 Å². The highest BCUT2D eigenvalue weighted by Gasteiger charge is 2.41. The van der Waals surface area contributed by atoms with Gasteiger partial charge in [0.2, 0.25) is 0 Å². The monoisotopic (exact) mass is 382 g/mol. The molecule has 4 rings (SSSR count). The van der Waals surface area contributed by atoms with E-state index in [9.17, 15) is 4.79 Å². The van der Waals surface area contributed by atoms with Gasteiger partial charge in [-0.05, 0) is 18.4 Å². The van der Waals surface area contributed by atoms with E-state index in [0.717, 1.165) is 19.4 Å². The van der Waals surface area contributed by atoms with Gasteiger partial charge < -0.3 is 19.7 Å². The predicted molar refractivity (Wildman–Crippen MR) is 105 cm³/mol. The molecular formula is C21H26N4O3. The summed E-state index contributed by atoms with van der Waals surface area (Å²) in [6, 6.07) is 12.1. The van der Waals surface area contributed by atoms with Crippen LogP contribution in [0.15, 0.2) is 42.7 Å². The molecule has 2 aromatic rings. The molecule has 2 aliphatic heterocycles. The zero-order valence-corrected chi connectivity index (χ0v) is 16.0. The maximum absolute atomic E-state index is 12.8. The van der Waals surface area contributed by atoms with E-state index in [1.165, 1.54) is 11.9 Å². The molecule has 7 heteroatoms. The van der Waals surface area contributed by atoms with Crippen molar-refractivity contribution in [2.75, 3.05) is 38.2 Å². The van der Waals surface area contributed by atoms with E-state index in [1.54, 1.807) is 6.07 Å².